The van der Waals surface area contributed by atoms with Gasteiger partial charge >= 0.3 is 0 Å². The Labute approximate surface area is 218 Å². The molecule has 0 aliphatic carbocycles. The molecule has 0 bridgehead atoms. The third kappa shape index (κ3) is 3.47. The monoisotopic (exact) mass is 499 g/mol. The van der Waals surface area contributed by atoms with Gasteiger partial charge in [0.2, 0.25) is 0 Å². The molecular formula is C32H21NO5. The molecule has 6 nitrogen and oxygen atoms in total. The predicted molar refractivity (Wildman–Crippen MR) is 144 cm³/mol. The Balaban J connectivity index is 1.94. The second kappa shape index (κ2) is 9.03. The molecule has 0 fully saturated rings. The molecule has 3 N–H and O–H groups in total. The summed E-state index contributed by atoms with van der Waals surface area (Å²) in [7, 11) is 0. The van der Waals surface area contributed by atoms with Crippen molar-refractivity contribution in [2.24, 2.45) is 0 Å². The number of fused-ring (bicyclic) bond motifs is 1. The Bertz CT molecular complexity index is 1600. The zero-order chi connectivity index (χ0) is 26.4. The van der Waals surface area contributed by atoms with Crippen molar-refractivity contribution >= 4 is 11.8 Å². The molecule has 0 radical (unpaired) electrons. The molecule has 0 unspecified atom stereocenters. The lowest BCUT2D eigenvalue weighted by Gasteiger charge is -2.24. The number of aromatic hydroxyl groups is 2. The number of amides is 2. The van der Waals surface area contributed by atoms with Crippen LogP contribution in [0.5, 0.6) is 11.5 Å². The van der Waals surface area contributed by atoms with E-state index in [0.29, 0.717) is 33.4 Å². The number of hydrogen-bond donors (Lipinski definition) is 3. The number of carbonyl (C=O) groups excluding carboxylic acids is 2. The topological polar surface area (TPSA) is 98.1 Å². The van der Waals surface area contributed by atoms with Crippen LogP contribution >= 0.6 is 0 Å². The van der Waals surface area contributed by atoms with Crippen LogP contribution in [0.15, 0.2) is 109 Å². The summed E-state index contributed by atoms with van der Waals surface area (Å²) in [4.78, 5) is 27.0. The van der Waals surface area contributed by atoms with Gasteiger partial charge in [-0.25, -0.2) is 0 Å². The zero-order valence-electron chi connectivity index (χ0n) is 20.0. The van der Waals surface area contributed by atoms with E-state index in [4.69, 9.17) is 0 Å². The van der Waals surface area contributed by atoms with Crippen molar-refractivity contribution in [2.45, 2.75) is 0 Å². The highest BCUT2D eigenvalue weighted by Crippen LogP contribution is 2.53. The first kappa shape index (κ1) is 23.2. The van der Waals surface area contributed by atoms with Crippen LogP contribution < -0.4 is 0 Å². The number of hydroxylamine groups is 2. The summed E-state index contributed by atoms with van der Waals surface area (Å²) < 4.78 is 0. The molecule has 0 saturated heterocycles. The molecule has 5 aromatic carbocycles. The van der Waals surface area contributed by atoms with E-state index in [1.165, 1.54) is 12.1 Å². The van der Waals surface area contributed by atoms with Crippen LogP contribution in [0.4, 0.5) is 0 Å². The van der Waals surface area contributed by atoms with Crippen molar-refractivity contribution in [1.29, 1.82) is 0 Å². The molecule has 1 heterocycles. The fourth-order valence-corrected chi connectivity index (χ4v) is 5.18. The molecule has 6 heteroatoms. The maximum absolute atomic E-state index is 13.5. The predicted octanol–water partition coefficient (Wildman–Crippen LogP) is 6.75. The molecule has 2 amide bonds. The average molecular weight is 500 g/mol. The van der Waals surface area contributed by atoms with Gasteiger partial charge in [0.1, 0.15) is 11.5 Å². The number of imide groups is 1. The van der Waals surface area contributed by atoms with E-state index in [9.17, 15) is 25.0 Å². The Morgan fingerprint density at radius 2 is 0.763 bits per heavy atom. The van der Waals surface area contributed by atoms with E-state index >= 15 is 0 Å². The van der Waals surface area contributed by atoms with Crippen molar-refractivity contribution in [2.75, 3.05) is 0 Å². The van der Waals surface area contributed by atoms with Gasteiger partial charge in [0, 0.05) is 22.3 Å². The van der Waals surface area contributed by atoms with Crippen LogP contribution in [0, 0.1) is 0 Å². The molecule has 1 aliphatic heterocycles. The van der Waals surface area contributed by atoms with Gasteiger partial charge in [-0.3, -0.25) is 14.8 Å². The Kier molecular flexibility index (Phi) is 5.52. The van der Waals surface area contributed by atoms with E-state index in [0.717, 1.165) is 11.1 Å². The minimum absolute atomic E-state index is 0.0456. The van der Waals surface area contributed by atoms with Crippen LogP contribution in [0.1, 0.15) is 20.7 Å². The molecule has 184 valence electrons. The molecule has 0 saturated carbocycles. The van der Waals surface area contributed by atoms with E-state index in [2.05, 4.69) is 0 Å². The van der Waals surface area contributed by atoms with Crippen LogP contribution in [0.25, 0.3) is 44.5 Å². The molecule has 0 spiro atoms. The van der Waals surface area contributed by atoms with Crippen LogP contribution in [0.3, 0.4) is 0 Å². The number of nitrogens with zero attached hydrogens (tertiary/aromatic N) is 1. The fourth-order valence-electron chi connectivity index (χ4n) is 5.18. The van der Waals surface area contributed by atoms with Crippen LogP contribution in [0.2, 0.25) is 0 Å². The molecule has 0 aromatic heterocycles. The SMILES string of the molecule is O=C1c2c(c(-c3ccccc3O)c(-c3ccccc3)c(-c3ccccc3)c2-c2ccccc2O)C(=O)N1O. The number of phenolic OH excluding ortho intramolecular Hbond substituents is 2. The summed E-state index contributed by atoms with van der Waals surface area (Å²) in [6.07, 6.45) is 0. The first-order valence-corrected chi connectivity index (χ1v) is 12.0. The van der Waals surface area contributed by atoms with E-state index in [1.54, 1.807) is 36.4 Å². The van der Waals surface area contributed by atoms with Crippen molar-refractivity contribution in [3.8, 4) is 56.0 Å². The minimum Gasteiger partial charge on any atom is -0.507 e. The normalized spacial score (nSPS) is 12.6. The lowest BCUT2D eigenvalue weighted by molar-refractivity contribution is -0.0326. The minimum atomic E-state index is -0.906. The zero-order valence-corrected chi connectivity index (χ0v) is 20.0. The molecular weight excluding hydrogens is 478 g/mol. The third-order valence-corrected chi connectivity index (χ3v) is 6.78. The van der Waals surface area contributed by atoms with Gasteiger partial charge in [0.15, 0.2) is 0 Å². The Morgan fingerprint density at radius 3 is 1.13 bits per heavy atom. The maximum Gasteiger partial charge on any atom is 0.286 e. The highest BCUT2D eigenvalue weighted by atomic mass is 16.5. The smallest absolute Gasteiger partial charge is 0.286 e. The van der Waals surface area contributed by atoms with Gasteiger partial charge < -0.3 is 10.2 Å². The number of benzene rings is 5. The summed E-state index contributed by atoms with van der Waals surface area (Å²) in [5, 5.41) is 32.6. The molecule has 0 atom stereocenters. The molecule has 5 aromatic rings. The summed E-state index contributed by atoms with van der Waals surface area (Å²) in [6, 6.07) is 31.8. The summed E-state index contributed by atoms with van der Waals surface area (Å²) in [5.41, 5.74) is 3.81. The summed E-state index contributed by atoms with van der Waals surface area (Å²) >= 11 is 0. The Morgan fingerprint density at radius 1 is 0.421 bits per heavy atom. The average Bonchev–Trinajstić information content (AvgIpc) is 3.17. The van der Waals surface area contributed by atoms with Crippen molar-refractivity contribution in [3.05, 3.63) is 120 Å². The number of carbonyl (C=O) groups is 2. The van der Waals surface area contributed by atoms with E-state index in [-0.39, 0.29) is 27.7 Å². The van der Waals surface area contributed by atoms with Gasteiger partial charge in [-0.2, -0.15) is 0 Å². The van der Waals surface area contributed by atoms with Gasteiger partial charge in [-0.05, 0) is 34.4 Å². The maximum atomic E-state index is 13.5. The van der Waals surface area contributed by atoms with E-state index in [1.807, 2.05) is 60.7 Å². The number of rotatable bonds is 4. The highest BCUT2D eigenvalue weighted by molar-refractivity contribution is 6.29. The number of phenols is 2. The first-order chi connectivity index (χ1) is 18.5. The second-order valence-electron chi connectivity index (χ2n) is 8.94. The van der Waals surface area contributed by atoms with Gasteiger partial charge in [0.05, 0.1) is 11.1 Å². The molecule has 1 aliphatic rings. The van der Waals surface area contributed by atoms with Gasteiger partial charge in [-0.1, -0.05) is 97.1 Å². The second-order valence-corrected chi connectivity index (χ2v) is 8.94. The van der Waals surface area contributed by atoms with Crippen molar-refractivity contribution in [1.82, 2.24) is 5.06 Å². The van der Waals surface area contributed by atoms with Crippen molar-refractivity contribution in [3.63, 3.8) is 0 Å². The van der Waals surface area contributed by atoms with Crippen LogP contribution in [-0.4, -0.2) is 32.3 Å². The lowest BCUT2D eigenvalue weighted by Crippen LogP contribution is -2.25. The highest BCUT2D eigenvalue weighted by Gasteiger charge is 2.43. The number of para-hydroxylation sites is 2. The van der Waals surface area contributed by atoms with Crippen LogP contribution in [-0.2, 0) is 0 Å². The lowest BCUT2D eigenvalue weighted by atomic mass is 9.77. The third-order valence-electron chi connectivity index (χ3n) is 6.78. The standard InChI is InChI=1S/C32H21NO5/c34-23-17-9-7-15-21(23)27-25(19-11-3-1-4-12-19)26(20-13-5-2-6-14-20)28(22-16-8-10-18-24(22)35)30-29(27)31(36)33(38)32(30)37/h1-18,34-35,38H. The molecule has 38 heavy (non-hydrogen) atoms. The largest absolute Gasteiger partial charge is 0.507 e. The van der Waals surface area contributed by atoms with Crippen molar-refractivity contribution < 1.29 is 25.0 Å². The Hall–Kier alpha value is -5.20. The van der Waals surface area contributed by atoms with Gasteiger partial charge in [-0.15, -0.1) is 5.06 Å². The molecule has 6 rings (SSSR count). The summed E-state index contributed by atoms with van der Waals surface area (Å²) in [6.45, 7) is 0. The van der Waals surface area contributed by atoms with Gasteiger partial charge in [0.25, 0.3) is 11.8 Å². The van der Waals surface area contributed by atoms with E-state index < -0.39 is 11.8 Å². The summed E-state index contributed by atoms with van der Waals surface area (Å²) in [5.74, 6) is -1.98. The quantitative estimate of drug-likeness (QED) is 0.188. The first-order valence-electron chi connectivity index (χ1n) is 12.0. The fraction of sp³-hybridized carbons (Fsp3) is 0. The number of hydrogen-bond acceptors (Lipinski definition) is 5.